The minimum atomic E-state index is -0.967. The van der Waals surface area contributed by atoms with Gasteiger partial charge in [-0.1, -0.05) is 0 Å². The van der Waals surface area contributed by atoms with Gasteiger partial charge < -0.3 is 10.2 Å². The van der Waals surface area contributed by atoms with E-state index in [2.05, 4.69) is 0 Å². The minimum Gasteiger partial charge on any atom is -0.508 e. The van der Waals surface area contributed by atoms with Crippen LogP contribution >= 0.6 is 0 Å². The van der Waals surface area contributed by atoms with Crippen LogP contribution in [0.1, 0.15) is 17.5 Å². The predicted molar refractivity (Wildman–Crippen MR) is 48.8 cm³/mol. The maximum absolute atomic E-state index is 13.0. The van der Waals surface area contributed by atoms with Crippen molar-refractivity contribution in [3.8, 4) is 5.75 Å². The molecule has 14 heavy (non-hydrogen) atoms. The summed E-state index contributed by atoms with van der Waals surface area (Å²) in [6.45, 7) is 1.54. The molecular formula is C10H11FO3. The van der Waals surface area contributed by atoms with Gasteiger partial charge >= 0.3 is 5.97 Å². The average molecular weight is 198 g/mol. The number of phenolic OH excluding ortho intramolecular Hbond substituents is 1. The van der Waals surface area contributed by atoms with Crippen molar-refractivity contribution in [2.45, 2.75) is 19.8 Å². The first kappa shape index (κ1) is 10.5. The van der Waals surface area contributed by atoms with E-state index in [-0.39, 0.29) is 18.6 Å². The molecule has 0 aromatic heterocycles. The zero-order chi connectivity index (χ0) is 10.7. The maximum atomic E-state index is 13.0. The first-order valence-electron chi connectivity index (χ1n) is 4.20. The summed E-state index contributed by atoms with van der Waals surface area (Å²) in [5.74, 6) is -1.45. The molecule has 2 N–H and O–H groups in total. The number of phenols is 1. The molecule has 0 atom stereocenters. The van der Waals surface area contributed by atoms with Gasteiger partial charge in [-0.2, -0.15) is 0 Å². The lowest BCUT2D eigenvalue weighted by Gasteiger charge is -2.04. The number of aryl methyl sites for hydroxylation is 2. The van der Waals surface area contributed by atoms with E-state index in [0.717, 1.165) is 0 Å². The Morgan fingerprint density at radius 2 is 2.14 bits per heavy atom. The molecule has 0 aliphatic rings. The van der Waals surface area contributed by atoms with Crippen molar-refractivity contribution in [2.75, 3.05) is 0 Å². The van der Waals surface area contributed by atoms with Crippen LogP contribution in [0.4, 0.5) is 4.39 Å². The second-order valence-electron chi connectivity index (χ2n) is 3.12. The van der Waals surface area contributed by atoms with Crippen LogP contribution in [-0.4, -0.2) is 16.2 Å². The van der Waals surface area contributed by atoms with Crippen molar-refractivity contribution in [3.63, 3.8) is 0 Å². The zero-order valence-corrected chi connectivity index (χ0v) is 7.75. The number of hydrogen-bond acceptors (Lipinski definition) is 2. The predicted octanol–water partition coefficient (Wildman–Crippen LogP) is 1.86. The number of benzene rings is 1. The monoisotopic (exact) mass is 198 g/mol. The summed E-state index contributed by atoms with van der Waals surface area (Å²) < 4.78 is 13.0. The lowest BCUT2D eigenvalue weighted by atomic mass is 10.1. The second kappa shape index (κ2) is 4.09. The third kappa shape index (κ3) is 2.45. The largest absolute Gasteiger partial charge is 0.508 e. The number of aromatic hydroxyl groups is 1. The highest BCUT2D eigenvalue weighted by molar-refractivity contribution is 5.67. The van der Waals surface area contributed by atoms with Gasteiger partial charge in [0.15, 0.2) is 0 Å². The van der Waals surface area contributed by atoms with Crippen molar-refractivity contribution >= 4 is 5.97 Å². The molecule has 76 valence electrons. The average Bonchev–Trinajstić information content (AvgIpc) is 2.09. The van der Waals surface area contributed by atoms with E-state index < -0.39 is 11.8 Å². The van der Waals surface area contributed by atoms with Crippen molar-refractivity contribution in [1.29, 1.82) is 0 Å². The van der Waals surface area contributed by atoms with Crippen molar-refractivity contribution in [1.82, 2.24) is 0 Å². The van der Waals surface area contributed by atoms with Crippen molar-refractivity contribution in [2.24, 2.45) is 0 Å². The number of carbonyl (C=O) groups is 1. The highest BCUT2D eigenvalue weighted by Gasteiger charge is 2.07. The fourth-order valence-corrected chi connectivity index (χ4v) is 1.15. The van der Waals surface area contributed by atoms with Crippen molar-refractivity contribution < 1.29 is 19.4 Å². The second-order valence-corrected chi connectivity index (χ2v) is 3.12. The quantitative estimate of drug-likeness (QED) is 0.779. The van der Waals surface area contributed by atoms with E-state index in [9.17, 15) is 14.3 Å². The molecule has 0 radical (unpaired) electrons. The van der Waals surface area contributed by atoms with Gasteiger partial charge in [-0.05, 0) is 36.6 Å². The van der Waals surface area contributed by atoms with Crippen molar-refractivity contribution in [3.05, 3.63) is 29.1 Å². The molecule has 1 aromatic rings. The van der Waals surface area contributed by atoms with Gasteiger partial charge in [-0.25, -0.2) is 4.39 Å². The Bertz CT molecular complexity index is 361. The highest BCUT2D eigenvalue weighted by Crippen LogP contribution is 2.22. The first-order chi connectivity index (χ1) is 6.50. The Morgan fingerprint density at radius 3 is 2.71 bits per heavy atom. The molecule has 0 heterocycles. The summed E-state index contributed by atoms with van der Waals surface area (Å²) in [6, 6.07) is 2.47. The van der Waals surface area contributed by atoms with E-state index >= 15 is 0 Å². The maximum Gasteiger partial charge on any atom is 0.303 e. The summed E-state index contributed by atoms with van der Waals surface area (Å²) in [5, 5.41) is 17.8. The third-order valence-electron chi connectivity index (χ3n) is 1.97. The molecule has 0 saturated heterocycles. The number of carboxylic acids is 1. The van der Waals surface area contributed by atoms with Gasteiger partial charge in [0.05, 0.1) is 0 Å². The summed E-state index contributed by atoms with van der Waals surface area (Å²) in [4.78, 5) is 10.3. The summed E-state index contributed by atoms with van der Waals surface area (Å²) >= 11 is 0. The number of rotatable bonds is 3. The molecule has 0 amide bonds. The van der Waals surface area contributed by atoms with Crippen LogP contribution in [0, 0.1) is 12.7 Å². The van der Waals surface area contributed by atoms with E-state index in [4.69, 9.17) is 5.11 Å². The van der Waals surface area contributed by atoms with Crippen LogP contribution < -0.4 is 0 Å². The van der Waals surface area contributed by atoms with Crippen LogP contribution in [0.2, 0.25) is 0 Å². The highest BCUT2D eigenvalue weighted by atomic mass is 19.1. The van der Waals surface area contributed by atoms with Crippen LogP contribution in [0.15, 0.2) is 12.1 Å². The molecule has 0 aliphatic heterocycles. The van der Waals surface area contributed by atoms with E-state index in [1.165, 1.54) is 19.1 Å². The molecule has 0 spiro atoms. The molecule has 1 rings (SSSR count). The van der Waals surface area contributed by atoms with E-state index in [0.29, 0.717) is 11.1 Å². The third-order valence-corrected chi connectivity index (χ3v) is 1.97. The fourth-order valence-electron chi connectivity index (χ4n) is 1.15. The number of halogens is 1. The van der Waals surface area contributed by atoms with Crippen LogP contribution in [-0.2, 0) is 11.2 Å². The SMILES string of the molecule is Cc1cc(O)c(CCC(=O)O)cc1F. The first-order valence-corrected chi connectivity index (χ1v) is 4.20. The molecule has 0 unspecified atom stereocenters. The Hall–Kier alpha value is -1.58. The molecule has 1 aromatic carbocycles. The lowest BCUT2D eigenvalue weighted by Crippen LogP contribution is -1.98. The Balaban J connectivity index is 2.87. The topological polar surface area (TPSA) is 57.5 Å². The molecule has 3 nitrogen and oxygen atoms in total. The van der Waals surface area contributed by atoms with E-state index in [1.807, 2.05) is 0 Å². The van der Waals surface area contributed by atoms with Gasteiger partial charge in [0.2, 0.25) is 0 Å². The van der Waals surface area contributed by atoms with E-state index in [1.54, 1.807) is 0 Å². The Labute approximate surface area is 80.8 Å². The van der Waals surface area contributed by atoms with Gasteiger partial charge in [0.25, 0.3) is 0 Å². The Morgan fingerprint density at radius 1 is 1.50 bits per heavy atom. The summed E-state index contributed by atoms with van der Waals surface area (Å²) in [6.07, 6.45) is 0.0222. The fraction of sp³-hybridized carbons (Fsp3) is 0.300. The molecule has 4 heteroatoms. The van der Waals surface area contributed by atoms with Gasteiger partial charge in [0.1, 0.15) is 11.6 Å². The number of carboxylic acid groups (broad SMARTS) is 1. The number of hydrogen-bond donors (Lipinski definition) is 2. The minimum absolute atomic E-state index is 0.0508. The lowest BCUT2D eigenvalue weighted by molar-refractivity contribution is -0.136. The Kier molecular flexibility index (Phi) is 3.06. The van der Waals surface area contributed by atoms with Crippen LogP contribution in [0.3, 0.4) is 0 Å². The molecular weight excluding hydrogens is 187 g/mol. The van der Waals surface area contributed by atoms with Gasteiger partial charge in [-0.3, -0.25) is 4.79 Å². The van der Waals surface area contributed by atoms with Gasteiger partial charge in [-0.15, -0.1) is 0 Å². The molecule has 0 bridgehead atoms. The zero-order valence-electron chi connectivity index (χ0n) is 7.75. The normalized spacial score (nSPS) is 10.1. The summed E-state index contributed by atoms with van der Waals surface area (Å²) in [5.41, 5.74) is 0.678. The molecule has 0 aliphatic carbocycles. The van der Waals surface area contributed by atoms with Gasteiger partial charge in [0, 0.05) is 6.42 Å². The molecule has 0 fully saturated rings. The van der Waals surface area contributed by atoms with Crippen LogP contribution in [0.25, 0.3) is 0 Å². The molecule has 0 saturated carbocycles. The smallest absolute Gasteiger partial charge is 0.303 e. The standard InChI is InChI=1S/C10H11FO3/c1-6-4-9(12)7(5-8(6)11)2-3-10(13)14/h4-5,12H,2-3H2,1H3,(H,13,14). The van der Waals surface area contributed by atoms with Crippen LogP contribution in [0.5, 0.6) is 5.75 Å². The number of aliphatic carboxylic acids is 1. The summed E-state index contributed by atoms with van der Waals surface area (Å²) in [7, 11) is 0.